The molecule has 0 amide bonds. The van der Waals surface area contributed by atoms with E-state index in [0.29, 0.717) is 13.2 Å². The van der Waals surface area contributed by atoms with Crippen molar-refractivity contribution in [2.45, 2.75) is 26.0 Å². The van der Waals surface area contributed by atoms with Gasteiger partial charge in [-0.1, -0.05) is 0 Å². The fourth-order valence-corrected chi connectivity index (χ4v) is 3.55. The molecular formula is C10H19NO5S. The third kappa shape index (κ3) is 4.25. The molecule has 0 saturated carbocycles. The highest BCUT2D eigenvalue weighted by Crippen LogP contribution is 2.12. The van der Waals surface area contributed by atoms with Gasteiger partial charge in [0, 0.05) is 25.7 Å². The van der Waals surface area contributed by atoms with Crippen LogP contribution in [-0.4, -0.2) is 67.7 Å². The van der Waals surface area contributed by atoms with Crippen molar-refractivity contribution in [1.82, 2.24) is 4.90 Å². The second kappa shape index (κ2) is 5.79. The number of carboxylic acids is 1. The van der Waals surface area contributed by atoms with Gasteiger partial charge in [-0.2, -0.15) is 0 Å². The zero-order chi connectivity index (χ0) is 13.1. The van der Waals surface area contributed by atoms with Crippen LogP contribution in [0.2, 0.25) is 0 Å². The Balaban J connectivity index is 2.59. The highest BCUT2D eigenvalue weighted by Gasteiger charge is 2.31. The van der Waals surface area contributed by atoms with E-state index >= 15 is 0 Å². The Bertz CT molecular complexity index is 367. The van der Waals surface area contributed by atoms with Crippen LogP contribution in [0.4, 0.5) is 0 Å². The molecule has 0 aromatic rings. The number of ether oxygens (including phenoxy) is 1. The van der Waals surface area contributed by atoms with Crippen LogP contribution in [0.25, 0.3) is 0 Å². The van der Waals surface area contributed by atoms with Crippen molar-refractivity contribution in [3.05, 3.63) is 0 Å². The maximum absolute atomic E-state index is 11.4. The highest BCUT2D eigenvalue weighted by molar-refractivity contribution is 7.91. The molecular weight excluding hydrogens is 246 g/mol. The molecule has 1 N–H and O–H groups in total. The molecule has 1 saturated heterocycles. The van der Waals surface area contributed by atoms with Crippen molar-refractivity contribution >= 4 is 15.8 Å². The Morgan fingerprint density at radius 1 is 1.59 bits per heavy atom. The molecule has 0 aromatic heterocycles. The van der Waals surface area contributed by atoms with Crippen LogP contribution in [0.1, 0.15) is 13.8 Å². The first-order valence-electron chi connectivity index (χ1n) is 5.64. The maximum atomic E-state index is 11.4. The molecule has 2 atom stereocenters. The van der Waals surface area contributed by atoms with E-state index < -0.39 is 21.9 Å². The fraction of sp³-hybridized carbons (Fsp3) is 0.900. The summed E-state index contributed by atoms with van der Waals surface area (Å²) in [6.45, 7) is 4.47. The van der Waals surface area contributed by atoms with Crippen LogP contribution in [0.5, 0.6) is 0 Å². The average Bonchev–Trinajstić information content (AvgIpc) is 2.19. The van der Waals surface area contributed by atoms with Crippen LogP contribution in [0, 0.1) is 0 Å². The van der Waals surface area contributed by atoms with E-state index in [1.165, 1.54) is 0 Å². The van der Waals surface area contributed by atoms with Crippen LogP contribution >= 0.6 is 0 Å². The van der Waals surface area contributed by atoms with Gasteiger partial charge in [0.2, 0.25) is 0 Å². The number of rotatable bonds is 5. The Labute approximate surface area is 101 Å². The first kappa shape index (κ1) is 14.4. The Morgan fingerprint density at radius 3 is 2.71 bits per heavy atom. The molecule has 1 fully saturated rings. The Hall–Kier alpha value is -0.660. The molecule has 2 unspecified atom stereocenters. The summed E-state index contributed by atoms with van der Waals surface area (Å²) in [7, 11) is -2.96. The molecule has 0 aromatic carbocycles. The molecule has 0 radical (unpaired) electrons. The fourth-order valence-electron chi connectivity index (χ4n) is 1.92. The van der Waals surface area contributed by atoms with Gasteiger partial charge in [0.15, 0.2) is 15.9 Å². The van der Waals surface area contributed by atoms with Crippen molar-refractivity contribution in [1.29, 1.82) is 0 Å². The lowest BCUT2D eigenvalue weighted by Gasteiger charge is -2.34. The summed E-state index contributed by atoms with van der Waals surface area (Å²) in [6, 6.07) is -0.156. The van der Waals surface area contributed by atoms with Gasteiger partial charge < -0.3 is 9.84 Å². The number of sulfone groups is 1. The second-order valence-corrected chi connectivity index (χ2v) is 6.47. The molecule has 0 bridgehead atoms. The summed E-state index contributed by atoms with van der Waals surface area (Å²) < 4.78 is 27.9. The standard InChI is InChI=1S/C10H19NO5S/c1-3-16-9(10(12)13)6-11-4-5-17(14,15)7-8(11)2/h8-9H,3-7H2,1-2H3,(H,12,13). The summed E-state index contributed by atoms with van der Waals surface area (Å²) in [6.07, 6.45) is -0.886. The van der Waals surface area contributed by atoms with E-state index in [4.69, 9.17) is 9.84 Å². The highest BCUT2D eigenvalue weighted by atomic mass is 32.2. The maximum Gasteiger partial charge on any atom is 0.334 e. The average molecular weight is 265 g/mol. The van der Waals surface area contributed by atoms with E-state index in [9.17, 15) is 13.2 Å². The topological polar surface area (TPSA) is 83.9 Å². The van der Waals surface area contributed by atoms with Gasteiger partial charge in [-0.3, -0.25) is 4.90 Å². The van der Waals surface area contributed by atoms with Crippen LogP contribution in [0.15, 0.2) is 0 Å². The number of carboxylic acid groups (broad SMARTS) is 1. The minimum absolute atomic E-state index is 0.0888. The van der Waals surface area contributed by atoms with E-state index in [0.717, 1.165) is 0 Å². The zero-order valence-corrected chi connectivity index (χ0v) is 10.9. The summed E-state index contributed by atoms with van der Waals surface area (Å²) in [5.41, 5.74) is 0. The normalized spacial score (nSPS) is 26.6. The first-order valence-corrected chi connectivity index (χ1v) is 7.46. The van der Waals surface area contributed by atoms with E-state index in [1.54, 1.807) is 13.8 Å². The molecule has 7 heteroatoms. The molecule has 17 heavy (non-hydrogen) atoms. The molecule has 6 nitrogen and oxygen atoms in total. The molecule has 100 valence electrons. The number of hydrogen-bond acceptors (Lipinski definition) is 5. The molecule has 1 aliphatic heterocycles. The Morgan fingerprint density at radius 2 is 2.24 bits per heavy atom. The van der Waals surface area contributed by atoms with Crippen molar-refractivity contribution in [2.75, 3.05) is 31.2 Å². The van der Waals surface area contributed by atoms with Gasteiger partial charge in [0.1, 0.15) is 0 Å². The minimum atomic E-state index is -2.96. The van der Waals surface area contributed by atoms with Crippen molar-refractivity contribution < 1.29 is 23.1 Å². The molecule has 0 aliphatic carbocycles. The third-order valence-corrected chi connectivity index (χ3v) is 4.65. The number of hydrogen-bond donors (Lipinski definition) is 1. The zero-order valence-electron chi connectivity index (χ0n) is 10.1. The lowest BCUT2D eigenvalue weighted by Crippen LogP contribution is -2.51. The smallest absolute Gasteiger partial charge is 0.334 e. The predicted octanol–water partition coefficient (Wildman–Crippen LogP) is -0.405. The quantitative estimate of drug-likeness (QED) is 0.728. The van der Waals surface area contributed by atoms with E-state index in [1.807, 2.05) is 4.90 Å². The van der Waals surface area contributed by atoms with Crippen LogP contribution < -0.4 is 0 Å². The predicted molar refractivity (Wildman–Crippen MR) is 62.7 cm³/mol. The lowest BCUT2D eigenvalue weighted by molar-refractivity contribution is -0.151. The largest absolute Gasteiger partial charge is 0.479 e. The van der Waals surface area contributed by atoms with Crippen LogP contribution in [-0.2, 0) is 19.4 Å². The molecule has 1 heterocycles. The summed E-state index contributed by atoms with van der Waals surface area (Å²) in [4.78, 5) is 12.8. The summed E-state index contributed by atoms with van der Waals surface area (Å²) >= 11 is 0. The molecule has 1 aliphatic rings. The van der Waals surface area contributed by atoms with E-state index in [-0.39, 0.29) is 24.1 Å². The minimum Gasteiger partial charge on any atom is -0.479 e. The van der Waals surface area contributed by atoms with Gasteiger partial charge in [-0.15, -0.1) is 0 Å². The van der Waals surface area contributed by atoms with Gasteiger partial charge in [-0.25, -0.2) is 13.2 Å². The third-order valence-electron chi connectivity index (χ3n) is 2.85. The summed E-state index contributed by atoms with van der Waals surface area (Å²) in [5.74, 6) is -0.825. The monoisotopic (exact) mass is 265 g/mol. The molecule has 0 spiro atoms. The number of nitrogens with zero attached hydrogens (tertiary/aromatic N) is 1. The Kier molecular flexibility index (Phi) is 4.91. The SMILES string of the molecule is CCOC(CN1CCS(=O)(=O)CC1C)C(=O)O. The van der Waals surface area contributed by atoms with Gasteiger partial charge in [0.25, 0.3) is 0 Å². The van der Waals surface area contributed by atoms with Gasteiger partial charge >= 0.3 is 5.97 Å². The van der Waals surface area contributed by atoms with Gasteiger partial charge in [-0.05, 0) is 13.8 Å². The van der Waals surface area contributed by atoms with Crippen molar-refractivity contribution in [3.63, 3.8) is 0 Å². The second-order valence-electron chi connectivity index (χ2n) is 4.24. The van der Waals surface area contributed by atoms with E-state index in [2.05, 4.69) is 0 Å². The number of aliphatic carboxylic acids is 1. The van der Waals surface area contributed by atoms with Gasteiger partial charge in [0.05, 0.1) is 11.5 Å². The lowest BCUT2D eigenvalue weighted by atomic mass is 10.2. The van der Waals surface area contributed by atoms with Crippen molar-refractivity contribution in [3.8, 4) is 0 Å². The summed E-state index contributed by atoms with van der Waals surface area (Å²) in [5, 5.41) is 8.95. The first-order chi connectivity index (χ1) is 7.85. The van der Waals surface area contributed by atoms with Crippen molar-refractivity contribution in [2.24, 2.45) is 0 Å². The number of carbonyl (C=O) groups is 1. The molecule has 1 rings (SSSR count). The van der Waals surface area contributed by atoms with Crippen LogP contribution in [0.3, 0.4) is 0 Å².